The van der Waals surface area contributed by atoms with Gasteiger partial charge in [-0.1, -0.05) is 6.07 Å². The molecule has 0 saturated carbocycles. The molecule has 3 nitrogen and oxygen atoms in total. The van der Waals surface area contributed by atoms with Gasteiger partial charge in [-0.25, -0.2) is 8.78 Å². The molecule has 0 radical (unpaired) electrons. The van der Waals surface area contributed by atoms with E-state index in [1.807, 2.05) is 11.8 Å². The molecule has 1 unspecified atom stereocenters. The Balaban J connectivity index is 1.85. The van der Waals surface area contributed by atoms with Crippen molar-refractivity contribution in [3.63, 3.8) is 0 Å². The van der Waals surface area contributed by atoms with E-state index < -0.39 is 11.6 Å². The minimum Gasteiger partial charge on any atom is -0.343 e. The highest BCUT2D eigenvalue weighted by atomic mass is 19.1. The summed E-state index contributed by atoms with van der Waals surface area (Å²) in [4.78, 5) is 13.1. The molecule has 0 aliphatic carbocycles. The quantitative estimate of drug-likeness (QED) is 0.926. The lowest BCUT2D eigenvalue weighted by atomic mass is 10.0. The molecule has 1 aromatic carbocycles. The maximum atomic E-state index is 13.6. The summed E-state index contributed by atoms with van der Waals surface area (Å²) in [6.07, 6.45) is 2.08. The minimum absolute atomic E-state index is 0.00900. The molecule has 0 aromatic heterocycles. The molecule has 1 aliphatic heterocycles. The maximum absolute atomic E-state index is 13.6. The summed E-state index contributed by atoms with van der Waals surface area (Å²) < 4.78 is 27.2. The molecule has 1 aromatic rings. The summed E-state index contributed by atoms with van der Waals surface area (Å²) in [5.74, 6) is -0.875. The second-order valence-corrected chi connectivity index (χ2v) is 5.75. The van der Waals surface area contributed by atoms with Crippen molar-refractivity contribution in [1.82, 2.24) is 10.2 Å². The Morgan fingerprint density at radius 1 is 1.33 bits per heavy atom. The van der Waals surface area contributed by atoms with Gasteiger partial charge in [0.05, 0.1) is 0 Å². The van der Waals surface area contributed by atoms with E-state index in [0.29, 0.717) is 12.5 Å². The first kappa shape index (κ1) is 15.9. The van der Waals surface area contributed by atoms with E-state index in [2.05, 4.69) is 5.32 Å². The third-order valence-electron chi connectivity index (χ3n) is 4.03. The lowest BCUT2D eigenvalue weighted by molar-refractivity contribution is -0.129. The number of amides is 1. The van der Waals surface area contributed by atoms with Gasteiger partial charge in [-0.3, -0.25) is 4.79 Å². The van der Waals surface area contributed by atoms with Crippen LogP contribution in [0.1, 0.15) is 32.3 Å². The fraction of sp³-hybridized carbons (Fsp3) is 0.562. The second kappa shape index (κ2) is 6.98. The lowest BCUT2D eigenvalue weighted by Gasteiger charge is -2.33. The van der Waals surface area contributed by atoms with Gasteiger partial charge in [0.25, 0.3) is 0 Å². The molecule has 116 valence electrons. The number of halogens is 2. The molecule has 1 atom stereocenters. The summed E-state index contributed by atoms with van der Waals surface area (Å²) in [5.41, 5.74) is 0.138. The zero-order chi connectivity index (χ0) is 15.4. The average Bonchev–Trinajstić information content (AvgIpc) is 2.43. The predicted molar refractivity (Wildman–Crippen MR) is 77.9 cm³/mol. The van der Waals surface area contributed by atoms with Gasteiger partial charge in [-0.2, -0.15) is 0 Å². The standard InChI is InChI=1S/C16H22F2N2O/c1-11(10-14-15(17)4-3-5-16(14)18)19-13-6-8-20(9-7-13)12(2)21/h3-5,11,13,19H,6-10H2,1-2H3. The fourth-order valence-corrected chi connectivity index (χ4v) is 2.86. The van der Waals surface area contributed by atoms with Crippen molar-refractivity contribution in [2.24, 2.45) is 0 Å². The van der Waals surface area contributed by atoms with E-state index >= 15 is 0 Å². The number of nitrogens with one attached hydrogen (secondary N) is 1. The molecule has 0 bridgehead atoms. The van der Waals surface area contributed by atoms with E-state index in [9.17, 15) is 13.6 Å². The zero-order valence-electron chi connectivity index (χ0n) is 12.5. The smallest absolute Gasteiger partial charge is 0.219 e. The number of hydrogen-bond acceptors (Lipinski definition) is 2. The number of likely N-dealkylation sites (tertiary alicyclic amines) is 1. The molecule has 1 N–H and O–H groups in total. The Morgan fingerprint density at radius 2 is 1.90 bits per heavy atom. The van der Waals surface area contributed by atoms with Crippen LogP contribution < -0.4 is 5.32 Å². The highest BCUT2D eigenvalue weighted by Crippen LogP contribution is 2.16. The van der Waals surface area contributed by atoms with Gasteiger partial charge < -0.3 is 10.2 Å². The van der Waals surface area contributed by atoms with Crippen molar-refractivity contribution in [3.8, 4) is 0 Å². The van der Waals surface area contributed by atoms with Gasteiger partial charge in [-0.05, 0) is 38.3 Å². The van der Waals surface area contributed by atoms with E-state index in [-0.39, 0.29) is 17.5 Å². The van der Waals surface area contributed by atoms with Crippen molar-refractivity contribution in [1.29, 1.82) is 0 Å². The van der Waals surface area contributed by atoms with Gasteiger partial charge in [0.1, 0.15) is 11.6 Å². The Hall–Kier alpha value is -1.49. The van der Waals surface area contributed by atoms with E-state index in [1.54, 1.807) is 6.92 Å². The highest BCUT2D eigenvalue weighted by Gasteiger charge is 2.22. The number of benzene rings is 1. The van der Waals surface area contributed by atoms with Gasteiger partial charge >= 0.3 is 0 Å². The van der Waals surface area contributed by atoms with Crippen LogP contribution in [0.25, 0.3) is 0 Å². The molecule has 2 rings (SSSR count). The maximum Gasteiger partial charge on any atom is 0.219 e. The summed E-state index contributed by atoms with van der Waals surface area (Å²) in [7, 11) is 0. The summed E-state index contributed by atoms with van der Waals surface area (Å²) in [5, 5.41) is 3.41. The topological polar surface area (TPSA) is 32.3 Å². The van der Waals surface area contributed by atoms with Gasteiger partial charge in [0.2, 0.25) is 5.91 Å². The normalized spacial score (nSPS) is 17.8. The van der Waals surface area contributed by atoms with Crippen molar-refractivity contribution in [3.05, 3.63) is 35.4 Å². The first-order valence-electron chi connectivity index (χ1n) is 7.42. The van der Waals surface area contributed by atoms with Crippen LogP contribution in [0.15, 0.2) is 18.2 Å². The molecule has 1 amide bonds. The third-order valence-corrected chi connectivity index (χ3v) is 4.03. The Bertz CT molecular complexity index is 479. The van der Waals surface area contributed by atoms with Crippen molar-refractivity contribution in [2.75, 3.05) is 13.1 Å². The Kier molecular flexibility index (Phi) is 5.28. The van der Waals surface area contributed by atoms with Crippen LogP contribution in [-0.2, 0) is 11.2 Å². The van der Waals surface area contributed by atoms with Crippen LogP contribution in [0.5, 0.6) is 0 Å². The van der Waals surface area contributed by atoms with Crippen LogP contribution in [0.3, 0.4) is 0 Å². The molecule has 1 heterocycles. The zero-order valence-corrected chi connectivity index (χ0v) is 12.5. The van der Waals surface area contributed by atoms with Gasteiger partial charge in [0, 0.05) is 37.7 Å². The number of carbonyl (C=O) groups is 1. The van der Waals surface area contributed by atoms with Crippen molar-refractivity contribution in [2.45, 2.75) is 45.2 Å². The Labute approximate surface area is 124 Å². The summed E-state index contributed by atoms with van der Waals surface area (Å²) >= 11 is 0. The SMILES string of the molecule is CC(=O)N1CCC(NC(C)Cc2c(F)cccc2F)CC1. The van der Waals surface area contributed by atoms with Gasteiger partial charge in [-0.15, -0.1) is 0 Å². The summed E-state index contributed by atoms with van der Waals surface area (Å²) in [6.45, 7) is 5.00. The number of carbonyl (C=O) groups excluding carboxylic acids is 1. The number of hydrogen-bond donors (Lipinski definition) is 1. The second-order valence-electron chi connectivity index (χ2n) is 5.75. The van der Waals surface area contributed by atoms with Crippen LogP contribution in [0.4, 0.5) is 8.78 Å². The molecule has 5 heteroatoms. The van der Waals surface area contributed by atoms with Crippen LogP contribution in [0, 0.1) is 11.6 Å². The van der Waals surface area contributed by atoms with E-state index in [0.717, 1.165) is 25.9 Å². The van der Waals surface area contributed by atoms with Crippen molar-refractivity contribution >= 4 is 5.91 Å². The monoisotopic (exact) mass is 296 g/mol. The largest absolute Gasteiger partial charge is 0.343 e. The number of piperidine rings is 1. The van der Waals surface area contributed by atoms with E-state index in [4.69, 9.17) is 0 Å². The predicted octanol–water partition coefficient (Wildman–Crippen LogP) is 2.50. The first-order valence-corrected chi connectivity index (χ1v) is 7.42. The van der Waals surface area contributed by atoms with Gasteiger partial charge in [0.15, 0.2) is 0 Å². The van der Waals surface area contributed by atoms with Crippen molar-refractivity contribution < 1.29 is 13.6 Å². The minimum atomic E-state index is -0.491. The highest BCUT2D eigenvalue weighted by molar-refractivity contribution is 5.73. The molecule has 1 aliphatic rings. The average molecular weight is 296 g/mol. The third kappa shape index (κ3) is 4.24. The first-order chi connectivity index (χ1) is 9.97. The Morgan fingerprint density at radius 3 is 2.43 bits per heavy atom. The summed E-state index contributed by atoms with van der Waals surface area (Å²) in [6, 6.07) is 4.24. The molecule has 1 saturated heterocycles. The molecular weight excluding hydrogens is 274 g/mol. The molecule has 21 heavy (non-hydrogen) atoms. The van der Waals surface area contributed by atoms with Crippen LogP contribution in [-0.4, -0.2) is 36.0 Å². The number of rotatable bonds is 4. The lowest BCUT2D eigenvalue weighted by Crippen LogP contribution is -2.47. The van der Waals surface area contributed by atoms with Crippen LogP contribution in [0.2, 0.25) is 0 Å². The van der Waals surface area contributed by atoms with Crippen LogP contribution >= 0.6 is 0 Å². The number of nitrogens with zero attached hydrogens (tertiary/aromatic N) is 1. The molecule has 1 fully saturated rings. The molecular formula is C16H22F2N2O. The van der Waals surface area contributed by atoms with E-state index in [1.165, 1.54) is 18.2 Å². The molecule has 0 spiro atoms. The fourth-order valence-electron chi connectivity index (χ4n) is 2.86.